The Bertz CT molecular complexity index is 647. The zero-order chi connectivity index (χ0) is 19.7. The standard InChI is InChI=1S/C20H26O6/c1-5-17(21)13(2)19(23)14(3)18(22)7-6-12-26-20(24)15-8-10-16(25-4)11-9-15/h8-11,13-14H,5-7,12H2,1-4H3. The molecule has 2 atom stereocenters. The van der Waals surface area contributed by atoms with Crippen LogP contribution in [0.2, 0.25) is 0 Å². The number of esters is 1. The van der Waals surface area contributed by atoms with Gasteiger partial charge < -0.3 is 9.47 Å². The van der Waals surface area contributed by atoms with Crippen molar-refractivity contribution in [1.82, 2.24) is 0 Å². The molecular weight excluding hydrogens is 336 g/mol. The Morgan fingerprint density at radius 1 is 0.962 bits per heavy atom. The molecule has 0 heterocycles. The highest BCUT2D eigenvalue weighted by Crippen LogP contribution is 2.14. The van der Waals surface area contributed by atoms with Gasteiger partial charge in [-0.15, -0.1) is 0 Å². The second kappa shape index (κ2) is 10.5. The maximum absolute atomic E-state index is 12.1. The minimum Gasteiger partial charge on any atom is -0.497 e. The minimum absolute atomic E-state index is 0.0843. The molecule has 2 unspecified atom stereocenters. The van der Waals surface area contributed by atoms with Crippen LogP contribution in [0.15, 0.2) is 24.3 Å². The van der Waals surface area contributed by atoms with Crippen molar-refractivity contribution < 1.29 is 28.7 Å². The number of rotatable bonds is 11. The Labute approximate surface area is 153 Å². The van der Waals surface area contributed by atoms with Gasteiger partial charge in [0.2, 0.25) is 0 Å². The summed E-state index contributed by atoms with van der Waals surface area (Å²) >= 11 is 0. The van der Waals surface area contributed by atoms with Crippen LogP contribution in [0.3, 0.4) is 0 Å². The molecule has 0 saturated heterocycles. The maximum atomic E-state index is 12.1. The zero-order valence-corrected chi connectivity index (χ0v) is 15.7. The fourth-order valence-corrected chi connectivity index (χ4v) is 2.44. The van der Waals surface area contributed by atoms with Gasteiger partial charge in [0, 0.05) is 12.8 Å². The number of hydrogen-bond donors (Lipinski definition) is 0. The first-order valence-corrected chi connectivity index (χ1v) is 8.72. The Balaban J connectivity index is 2.39. The third-order valence-electron chi connectivity index (χ3n) is 4.29. The SMILES string of the molecule is CCC(=O)C(C)C(=O)C(C)C(=O)CCCOC(=O)c1ccc(OC)cc1. The van der Waals surface area contributed by atoms with Gasteiger partial charge in [-0.3, -0.25) is 14.4 Å². The van der Waals surface area contributed by atoms with Crippen molar-refractivity contribution in [2.24, 2.45) is 11.8 Å². The summed E-state index contributed by atoms with van der Waals surface area (Å²) in [5.41, 5.74) is 0.396. The number of ketones is 3. The third kappa shape index (κ3) is 6.10. The third-order valence-corrected chi connectivity index (χ3v) is 4.29. The number of methoxy groups -OCH3 is 1. The van der Waals surface area contributed by atoms with Crippen molar-refractivity contribution in [3.8, 4) is 5.75 Å². The van der Waals surface area contributed by atoms with Gasteiger partial charge in [-0.2, -0.15) is 0 Å². The van der Waals surface area contributed by atoms with Crippen LogP contribution >= 0.6 is 0 Å². The molecule has 0 saturated carbocycles. The first kappa shape index (κ1) is 21.5. The number of hydrogen-bond acceptors (Lipinski definition) is 6. The van der Waals surface area contributed by atoms with E-state index in [1.807, 2.05) is 0 Å². The summed E-state index contributed by atoms with van der Waals surface area (Å²) in [6.45, 7) is 4.83. The second-order valence-corrected chi connectivity index (χ2v) is 6.10. The van der Waals surface area contributed by atoms with Gasteiger partial charge in [0.1, 0.15) is 17.3 Å². The normalized spacial score (nSPS) is 12.8. The molecule has 0 aromatic heterocycles. The largest absolute Gasteiger partial charge is 0.497 e. The van der Waals surface area contributed by atoms with E-state index in [0.717, 1.165) is 0 Å². The van der Waals surface area contributed by atoms with Crippen LogP contribution in [-0.4, -0.2) is 37.0 Å². The highest BCUT2D eigenvalue weighted by molar-refractivity contribution is 6.11. The van der Waals surface area contributed by atoms with Gasteiger partial charge in [-0.25, -0.2) is 4.79 Å². The van der Waals surface area contributed by atoms with Crippen molar-refractivity contribution >= 4 is 23.3 Å². The molecule has 0 aliphatic rings. The van der Waals surface area contributed by atoms with Gasteiger partial charge in [-0.05, 0) is 44.5 Å². The van der Waals surface area contributed by atoms with E-state index in [9.17, 15) is 19.2 Å². The zero-order valence-electron chi connectivity index (χ0n) is 15.7. The summed E-state index contributed by atoms with van der Waals surface area (Å²) in [5, 5.41) is 0. The molecule has 1 rings (SSSR count). The summed E-state index contributed by atoms with van der Waals surface area (Å²) in [7, 11) is 1.54. The molecule has 6 nitrogen and oxygen atoms in total. The lowest BCUT2D eigenvalue weighted by molar-refractivity contribution is -0.137. The topological polar surface area (TPSA) is 86.7 Å². The van der Waals surface area contributed by atoms with Crippen LogP contribution in [0.5, 0.6) is 5.75 Å². The van der Waals surface area contributed by atoms with Crippen molar-refractivity contribution in [2.45, 2.75) is 40.0 Å². The molecule has 26 heavy (non-hydrogen) atoms. The van der Waals surface area contributed by atoms with Crippen LogP contribution in [0.25, 0.3) is 0 Å². The smallest absolute Gasteiger partial charge is 0.338 e. The molecular formula is C20H26O6. The molecule has 1 aromatic carbocycles. The summed E-state index contributed by atoms with van der Waals surface area (Å²) in [6, 6.07) is 6.51. The Hall–Kier alpha value is -2.50. The highest BCUT2D eigenvalue weighted by Gasteiger charge is 2.28. The lowest BCUT2D eigenvalue weighted by atomic mass is 9.87. The summed E-state index contributed by atoms with van der Waals surface area (Å²) < 4.78 is 10.1. The first-order chi connectivity index (χ1) is 12.3. The molecule has 0 bridgehead atoms. The molecule has 0 radical (unpaired) electrons. The lowest BCUT2D eigenvalue weighted by Gasteiger charge is -2.14. The molecule has 0 N–H and O–H groups in total. The predicted molar refractivity (Wildman–Crippen MR) is 96.2 cm³/mol. The van der Waals surface area contributed by atoms with Crippen molar-refractivity contribution in [1.29, 1.82) is 0 Å². The number of carbonyl (C=O) groups is 4. The molecule has 0 spiro atoms. The molecule has 0 fully saturated rings. The average molecular weight is 362 g/mol. The number of benzene rings is 1. The van der Waals surface area contributed by atoms with Gasteiger partial charge in [-0.1, -0.05) is 6.92 Å². The van der Waals surface area contributed by atoms with E-state index in [2.05, 4.69) is 0 Å². The van der Waals surface area contributed by atoms with Crippen molar-refractivity contribution in [2.75, 3.05) is 13.7 Å². The molecule has 0 aliphatic heterocycles. The number of carbonyl (C=O) groups excluding carboxylic acids is 4. The highest BCUT2D eigenvalue weighted by atomic mass is 16.5. The van der Waals surface area contributed by atoms with Crippen molar-refractivity contribution in [3.63, 3.8) is 0 Å². The van der Waals surface area contributed by atoms with Crippen LogP contribution in [0.4, 0.5) is 0 Å². The van der Waals surface area contributed by atoms with Crippen molar-refractivity contribution in [3.05, 3.63) is 29.8 Å². The van der Waals surface area contributed by atoms with E-state index in [0.29, 0.717) is 17.7 Å². The van der Waals surface area contributed by atoms with Crippen LogP contribution < -0.4 is 4.74 Å². The molecule has 0 aliphatic carbocycles. The Morgan fingerprint density at radius 3 is 2.08 bits per heavy atom. The maximum Gasteiger partial charge on any atom is 0.338 e. The van der Waals surface area contributed by atoms with Gasteiger partial charge in [0.05, 0.1) is 31.1 Å². The second-order valence-electron chi connectivity index (χ2n) is 6.10. The van der Waals surface area contributed by atoms with Crippen LogP contribution in [-0.2, 0) is 19.1 Å². The summed E-state index contributed by atoms with van der Waals surface area (Å²) in [5.74, 6) is -2.18. The molecule has 142 valence electrons. The van der Waals surface area contributed by atoms with E-state index in [-0.39, 0.29) is 36.8 Å². The first-order valence-electron chi connectivity index (χ1n) is 8.72. The quantitative estimate of drug-likeness (QED) is 0.342. The van der Waals surface area contributed by atoms with Gasteiger partial charge in [0.25, 0.3) is 0 Å². The minimum atomic E-state index is -0.821. The van der Waals surface area contributed by atoms with E-state index in [1.165, 1.54) is 21.0 Å². The van der Waals surface area contributed by atoms with Gasteiger partial charge >= 0.3 is 5.97 Å². The number of ether oxygens (including phenoxy) is 2. The van der Waals surface area contributed by atoms with Gasteiger partial charge in [0.15, 0.2) is 5.78 Å². The van der Waals surface area contributed by atoms with Crippen LogP contribution in [0, 0.1) is 11.8 Å². The molecule has 0 amide bonds. The average Bonchev–Trinajstić information content (AvgIpc) is 2.68. The molecule has 1 aromatic rings. The molecule has 6 heteroatoms. The van der Waals surface area contributed by atoms with E-state index in [4.69, 9.17) is 9.47 Å². The number of Topliss-reactive ketones (excluding diaryl/α,β-unsaturated/α-hetero) is 3. The fourth-order valence-electron chi connectivity index (χ4n) is 2.44. The summed E-state index contributed by atoms with van der Waals surface area (Å²) in [4.78, 5) is 47.7. The summed E-state index contributed by atoms with van der Waals surface area (Å²) in [6.07, 6.45) is 0.722. The fraction of sp³-hybridized carbons (Fsp3) is 0.500. The van der Waals surface area contributed by atoms with E-state index >= 15 is 0 Å². The van der Waals surface area contributed by atoms with E-state index < -0.39 is 17.8 Å². The predicted octanol–water partition coefficient (Wildman–Crippen LogP) is 3.02. The Morgan fingerprint density at radius 2 is 1.54 bits per heavy atom. The monoisotopic (exact) mass is 362 g/mol. The van der Waals surface area contributed by atoms with Crippen LogP contribution in [0.1, 0.15) is 50.4 Å². The Kier molecular flexibility index (Phi) is 8.68. The van der Waals surface area contributed by atoms with E-state index in [1.54, 1.807) is 31.2 Å². The lowest BCUT2D eigenvalue weighted by Crippen LogP contribution is -2.30.